The number of ether oxygens (including phenoxy) is 1. The van der Waals surface area contributed by atoms with Crippen LogP contribution >= 0.6 is 31.9 Å². The first-order chi connectivity index (χ1) is 7.41. The van der Waals surface area contributed by atoms with Gasteiger partial charge in [0.25, 0.3) is 0 Å². The van der Waals surface area contributed by atoms with Crippen molar-refractivity contribution >= 4 is 37.8 Å². The third-order valence-electron chi connectivity index (χ3n) is 1.98. The summed E-state index contributed by atoms with van der Waals surface area (Å²) < 4.78 is 6.94. The molecule has 4 heteroatoms. The number of benzene rings is 1. The van der Waals surface area contributed by atoms with Gasteiger partial charge in [0, 0.05) is 20.1 Å². The van der Waals surface area contributed by atoms with Crippen molar-refractivity contribution in [2.45, 2.75) is 20.5 Å². The molecule has 0 bridgehead atoms. The van der Waals surface area contributed by atoms with Crippen LogP contribution in [-0.2, 0) is 16.1 Å². The van der Waals surface area contributed by atoms with Crippen LogP contribution in [0.1, 0.15) is 18.1 Å². The molecule has 0 aliphatic heterocycles. The van der Waals surface area contributed by atoms with Gasteiger partial charge in [-0.3, -0.25) is 0 Å². The molecule has 0 heterocycles. The maximum absolute atomic E-state index is 11.3. The van der Waals surface area contributed by atoms with Gasteiger partial charge in [-0.25, -0.2) is 4.79 Å². The van der Waals surface area contributed by atoms with E-state index >= 15 is 0 Å². The average Bonchev–Trinajstić information content (AvgIpc) is 2.15. The summed E-state index contributed by atoms with van der Waals surface area (Å²) in [7, 11) is 0. The molecule has 0 fully saturated rings. The van der Waals surface area contributed by atoms with Crippen LogP contribution in [0.25, 0.3) is 0 Å². The molecular formula is C12H12Br2O2. The van der Waals surface area contributed by atoms with Crippen molar-refractivity contribution in [2.75, 3.05) is 0 Å². The molecule has 0 N–H and O–H groups in total. The molecule has 0 unspecified atom stereocenters. The zero-order valence-electron chi connectivity index (χ0n) is 9.14. The van der Waals surface area contributed by atoms with Gasteiger partial charge in [0.05, 0.1) is 0 Å². The zero-order chi connectivity index (χ0) is 12.3. The summed E-state index contributed by atoms with van der Waals surface area (Å²) >= 11 is 6.88. The lowest BCUT2D eigenvalue weighted by atomic mass is 10.2. The summed E-state index contributed by atoms with van der Waals surface area (Å²) in [5, 5.41) is 0. The third kappa shape index (κ3) is 3.46. The molecule has 0 amide bonds. The molecule has 0 saturated heterocycles. The Bertz CT molecular complexity index is 416. The maximum atomic E-state index is 11.3. The van der Waals surface area contributed by atoms with Crippen LogP contribution in [0, 0.1) is 6.92 Å². The lowest BCUT2D eigenvalue weighted by Crippen LogP contribution is -2.05. The smallest absolute Gasteiger partial charge is 0.333 e. The summed E-state index contributed by atoms with van der Waals surface area (Å²) in [6.45, 7) is 7.38. The van der Waals surface area contributed by atoms with Gasteiger partial charge in [0.1, 0.15) is 6.61 Å². The topological polar surface area (TPSA) is 26.3 Å². The molecule has 1 rings (SSSR count). The van der Waals surface area contributed by atoms with Gasteiger partial charge in [-0.2, -0.15) is 0 Å². The Morgan fingerprint density at radius 2 is 1.88 bits per heavy atom. The first-order valence-corrected chi connectivity index (χ1v) is 6.27. The largest absolute Gasteiger partial charge is 0.457 e. The molecule has 0 aliphatic carbocycles. The minimum absolute atomic E-state index is 0.229. The number of carbonyl (C=O) groups excluding carboxylic acids is 1. The second-order valence-corrected chi connectivity index (χ2v) is 5.27. The standard InChI is InChI=1S/C12H12Br2O2/c1-7(2)12(15)16-6-9-10(13)4-8(3)5-11(9)14/h4-5H,1,6H2,2-3H3. The van der Waals surface area contributed by atoms with E-state index < -0.39 is 0 Å². The van der Waals surface area contributed by atoms with Gasteiger partial charge in [-0.15, -0.1) is 0 Å². The van der Waals surface area contributed by atoms with Gasteiger partial charge in [-0.1, -0.05) is 38.4 Å². The summed E-state index contributed by atoms with van der Waals surface area (Å²) in [5.74, 6) is -0.376. The molecule has 2 nitrogen and oxygen atoms in total. The van der Waals surface area contributed by atoms with Crippen LogP contribution < -0.4 is 0 Å². The number of carbonyl (C=O) groups is 1. The van der Waals surface area contributed by atoms with E-state index in [1.54, 1.807) is 6.92 Å². The highest BCUT2D eigenvalue weighted by atomic mass is 79.9. The van der Waals surface area contributed by atoms with E-state index in [9.17, 15) is 4.79 Å². The molecule has 0 aliphatic rings. The van der Waals surface area contributed by atoms with Gasteiger partial charge in [-0.05, 0) is 31.5 Å². The Morgan fingerprint density at radius 3 is 2.31 bits per heavy atom. The van der Waals surface area contributed by atoms with E-state index in [1.165, 1.54) is 0 Å². The first-order valence-electron chi connectivity index (χ1n) is 4.69. The molecule has 0 aromatic heterocycles. The normalized spacial score (nSPS) is 10.0. The van der Waals surface area contributed by atoms with Gasteiger partial charge in [0.15, 0.2) is 0 Å². The second kappa shape index (κ2) is 5.64. The Balaban J connectivity index is 2.82. The fourth-order valence-corrected chi connectivity index (χ4v) is 2.77. The molecule has 86 valence electrons. The minimum atomic E-state index is -0.376. The zero-order valence-corrected chi connectivity index (χ0v) is 12.3. The molecule has 0 saturated carbocycles. The summed E-state index contributed by atoms with van der Waals surface area (Å²) in [4.78, 5) is 11.3. The van der Waals surface area contributed by atoms with Crippen LogP contribution in [0.15, 0.2) is 33.2 Å². The quantitative estimate of drug-likeness (QED) is 0.606. The third-order valence-corrected chi connectivity index (χ3v) is 3.40. The highest BCUT2D eigenvalue weighted by molar-refractivity contribution is 9.11. The molecule has 0 radical (unpaired) electrons. The van der Waals surface area contributed by atoms with Gasteiger partial charge in [0.2, 0.25) is 0 Å². The minimum Gasteiger partial charge on any atom is -0.457 e. The Morgan fingerprint density at radius 1 is 1.38 bits per heavy atom. The summed E-state index contributed by atoms with van der Waals surface area (Å²) in [6, 6.07) is 3.96. The van der Waals surface area contributed by atoms with Crippen molar-refractivity contribution in [1.82, 2.24) is 0 Å². The van der Waals surface area contributed by atoms with Crippen molar-refractivity contribution < 1.29 is 9.53 Å². The van der Waals surface area contributed by atoms with E-state index in [-0.39, 0.29) is 12.6 Å². The lowest BCUT2D eigenvalue weighted by molar-refractivity contribution is -0.140. The number of hydrogen-bond acceptors (Lipinski definition) is 2. The van der Waals surface area contributed by atoms with Crippen LogP contribution in [0.5, 0.6) is 0 Å². The van der Waals surface area contributed by atoms with E-state index in [4.69, 9.17) is 4.74 Å². The number of halogens is 2. The van der Waals surface area contributed by atoms with E-state index in [1.807, 2.05) is 19.1 Å². The van der Waals surface area contributed by atoms with Gasteiger partial charge < -0.3 is 4.74 Å². The molecular weight excluding hydrogens is 336 g/mol. The number of esters is 1. The Hall–Kier alpha value is -0.610. The van der Waals surface area contributed by atoms with Crippen LogP contribution in [0.4, 0.5) is 0 Å². The second-order valence-electron chi connectivity index (χ2n) is 3.56. The van der Waals surface area contributed by atoms with E-state index in [0.717, 1.165) is 20.1 Å². The highest BCUT2D eigenvalue weighted by Crippen LogP contribution is 2.27. The predicted molar refractivity (Wildman–Crippen MR) is 71.2 cm³/mol. The summed E-state index contributed by atoms with van der Waals surface area (Å²) in [5.41, 5.74) is 2.45. The van der Waals surface area contributed by atoms with Crippen molar-refractivity contribution in [3.8, 4) is 0 Å². The fourth-order valence-electron chi connectivity index (χ4n) is 1.13. The van der Waals surface area contributed by atoms with E-state index in [2.05, 4.69) is 38.4 Å². The average molecular weight is 348 g/mol. The maximum Gasteiger partial charge on any atom is 0.333 e. The van der Waals surface area contributed by atoms with Crippen molar-refractivity contribution in [2.24, 2.45) is 0 Å². The summed E-state index contributed by atoms with van der Waals surface area (Å²) in [6.07, 6.45) is 0. The fraction of sp³-hybridized carbons (Fsp3) is 0.250. The van der Waals surface area contributed by atoms with E-state index in [0.29, 0.717) is 5.57 Å². The SMILES string of the molecule is C=C(C)C(=O)OCc1c(Br)cc(C)cc1Br. The molecule has 1 aromatic rings. The molecule has 0 atom stereocenters. The Kier molecular flexibility index (Phi) is 4.74. The monoisotopic (exact) mass is 346 g/mol. The van der Waals surface area contributed by atoms with Crippen LogP contribution in [0.3, 0.4) is 0 Å². The van der Waals surface area contributed by atoms with Crippen molar-refractivity contribution in [3.63, 3.8) is 0 Å². The van der Waals surface area contributed by atoms with Crippen LogP contribution in [-0.4, -0.2) is 5.97 Å². The van der Waals surface area contributed by atoms with Crippen LogP contribution in [0.2, 0.25) is 0 Å². The Labute approximate surface area is 112 Å². The molecule has 16 heavy (non-hydrogen) atoms. The van der Waals surface area contributed by atoms with Gasteiger partial charge >= 0.3 is 5.97 Å². The number of rotatable bonds is 3. The molecule has 0 spiro atoms. The van der Waals surface area contributed by atoms with Crippen molar-refractivity contribution in [1.29, 1.82) is 0 Å². The molecule has 1 aromatic carbocycles. The van der Waals surface area contributed by atoms with Crippen molar-refractivity contribution in [3.05, 3.63) is 44.4 Å². The predicted octanol–water partition coefficient (Wildman–Crippen LogP) is 4.14. The first kappa shape index (κ1) is 13.5. The number of aryl methyl sites for hydroxylation is 1. The number of hydrogen-bond donors (Lipinski definition) is 0. The lowest BCUT2D eigenvalue weighted by Gasteiger charge is -2.09. The highest BCUT2D eigenvalue weighted by Gasteiger charge is 2.09.